The van der Waals surface area contributed by atoms with Crippen molar-refractivity contribution in [2.75, 3.05) is 13.2 Å². The lowest BCUT2D eigenvalue weighted by molar-refractivity contribution is -0.116. The summed E-state index contributed by atoms with van der Waals surface area (Å²) in [5.74, 6) is -0.112. The molecular formula is C18H24N2O2. The van der Waals surface area contributed by atoms with Crippen molar-refractivity contribution in [1.82, 2.24) is 9.88 Å². The Hall–Kier alpha value is -2.07. The minimum absolute atomic E-state index is 0.0995. The summed E-state index contributed by atoms with van der Waals surface area (Å²) in [4.78, 5) is 11.9. The molecule has 1 amide bonds. The van der Waals surface area contributed by atoms with Gasteiger partial charge in [0.05, 0.1) is 0 Å². The summed E-state index contributed by atoms with van der Waals surface area (Å²) in [6.45, 7) is 4.73. The monoisotopic (exact) mass is 300 g/mol. The fraction of sp³-hybridized carbons (Fsp3) is 0.389. The van der Waals surface area contributed by atoms with Gasteiger partial charge in [0.2, 0.25) is 5.91 Å². The van der Waals surface area contributed by atoms with E-state index in [-0.39, 0.29) is 17.9 Å². The Balaban J connectivity index is 2.03. The van der Waals surface area contributed by atoms with Gasteiger partial charge in [0.25, 0.3) is 0 Å². The van der Waals surface area contributed by atoms with E-state index in [0.717, 1.165) is 16.5 Å². The highest BCUT2D eigenvalue weighted by Gasteiger charge is 2.17. The van der Waals surface area contributed by atoms with Crippen LogP contribution in [0.3, 0.4) is 0 Å². The van der Waals surface area contributed by atoms with E-state index in [4.69, 9.17) is 5.11 Å². The quantitative estimate of drug-likeness (QED) is 0.806. The second-order valence-corrected chi connectivity index (χ2v) is 6.40. The number of fused-ring (bicyclic) bond motifs is 1. The van der Waals surface area contributed by atoms with E-state index >= 15 is 0 Å². The van der Waals surface area contributed by atoms with Crippen LogP contribution in [0.4, 0.5) is 0 Å². The van der Waals surface area contributed by atoms with Crippen LogP contribution in [0, 0.1) is 5.41 Å². The van der Waals surface area contributed by atoms with Gasteiger partial charge in [-0.2, -0.15) is 0 Å². The molecule has 4 heteroatoms. The highest BCUT2D eigenvalue weighted by molar-refractivity contribution is 5.96. The predicted molar refractivity (Wildman–Crippen MR) is 90.4 cm³/mol. The molecule has 0 bridgehead atoms. The molecule has 4 nitrogen and oxygen atoms in total. The molecule has 0 aliphatic rings. The Bertz CT molecular complexity index is 683. The fourth-order valence-corrected chi connectivity index (χ4v) is 2.45. The second-order valence-electron chi connectivity index (χ2n) is 6.40. The van der Waals surface area contributed by atoms with Crippen LogP contribution < -0.4 is 5.32 Å². The Morgan fingerprint density at radius 2 is 2.09 bits per heavy atom. The van der Waals surface area contributed by atoms with Crippen molar-refractivity contribution in [3.05, 3.63) is 42.1 Å². The number of hydrogen-bond acceptors (Lipinski definition) is 2. The minimum Gasteiger partial charge on any atom is -0.396 e. The van der Waals surface area contributed by atoms with Crippen LogP contribution in [-0.2, 0) is 11.8 Å². The van der Waals surface area contributed by atoms with Crippen LogP contribution in [0.1, 0.15) is 25.8 Å². The second kappa shape index (κ2) is 6.79. The molecule has 0 aliphatic carbocycles. The number of carbonyl (C=O) groups is 1. The highest BCUT2D eigenvalue weighted by Crippen LogP contribution is 2.21. The number of carbonyl (C=O) groups excluding carboxylic acids is 1. The molecule has 0 aliphatic heterocycles. The van der Waals surface area contributed by atoms with E-state index in [0.29, 0.717) is 13.0 Å². The lowest BCUT2D eigenvalue weighted by Gasteiger charge is -2.23. The predicted octanol–water partition coefficient (Wildman–Crippen LogP) is 2.72. The molecule has 2 aromatic rings. The normalized spacial score (nSPS) is 12.2. The molecule has 2 N–H and O–H groups in total. The first-order chi connectivity index (χ1) is 10.4. The Morgan fingerprint density at radius 1 is 1.36 bits per heavy atom. The average molecular weight is 300 g/mol. The van der Waals surface area contributed by atoms with Crippen LogP contribution in [0.15, 0.2) is 36.5 Å². The van der Waals surface area contributed by atoms with Crippen molar-refractivity contribution in [3.8, 4) is 0 Å². The maximum atomic E-state index is 11.9. The number of nitrogens with one attached hydrogen (secondary N) is 1. The average Bonchev–Trinajstić information content (AvgIpc) is 2.80. The smallest absolute Gasteiger partial charge is 0.244 e. The van der Waals surface area contributed by atoms with Gasteiger partial charge >= 0.3 is 0 Å². The first-order valence-electron chi connectivity index (χ1n) is 7.54. The Kier molecular flexibility index (Phi) is 5.03. The maximum Gasteiger partial charge on any atom is 0.244 e. The van der Waals surface area contributed by atoms with E-state index in [1.807, 2.05) is 45.3 Å². The molecule has 0 radical (unpaired) electrons. The standard InChI is InChI=1S/C18H24N2O2/c1-18(2,10-11-21)13-19-17(22)9-8-14-12-20(3)16-7-5-4-6-15(14)16/h4-9,12,21H,10-11,13H2,1-3H3,(H,19,22)/b9-8+. The molecule has 1 aromatic heterocycles. The number of aromatic nitrogens is 1. The number of hydrogen-bond donors (Lipinski definition) is 2. The lowest BCUT2D eigenvalue weighted by Crippen LogP contribution is -2.33. The number of amides is 1. The summed E-state index contributed by atoms with van der Waals surface area (Å²) in [7, 11) is 2.00. The number of aliphatic hydroxyl groups excluding tert-OH is 1. The van der Waals surface area contributed by atoms with Gasteiger partial charge in [-0.15, -0.1) is 0 Å². The van der Waals surface area contributed by atoms with E-state index in [2.05, 4.69) is 22.0 Å². The van der Waals surface area contributed by atoms with Gasteiger partial charge < -0.3 is 15.0 Å². The topological polar surface area (TPSA) is 54.3 Å². The third kappa shape index (κ3) is 3.98. The van der Waals surface area contributed by atoms with Gasteiger partial charge in [0, 0.05) is 48.9 Å². The summed E-state index contributed by atoms with van der Waals surface area (Å²) >= 11 is 0. The summed E-state index contributed by atoms with van der Waals surface area (Å²) in [6.07, 6.45) is 6.10. The summed E-state index contributed by atoms with van der Waals surface area (Å²) in [6, 6.07) is 8.12. The highest BCUT2D eigenvalue weighted by atomic mass is 16.3. The Morgan fingerprint density at radius 3 is 2.82 bits per heavy atom. The molecule has 0 fully saturated rings. The van der Waals surface area contributed by atoms with Crippen LogP contribution in [0.5, 0.6) is 0 Å². The SMILES string of the molecule is Cn1cc(/C=C/C(=O)NCC(C)(C)CCO)c2ccccc21. The Labute approximate surface area is 131 Å². The van der Waals surface area contributed by atoms with Crippen molar-refractivity contribution in [2.45, 2.75) is 20.3 Å². The van der Waals surface area contributed by atoms with Gasteiger partial charge in [-0.3, -0.25) is 4.79 Å². The van der Waals surface area contributed by atoms with Crippen LogP contribution >= 0.6 is 0 Å². The molecule has 1 aromatic carbocycles. The zero-order chi connectivity index (χ0) is 16.2. The number of para-hydroxylation sites is 1. The largest absolute Gasteiger partial charge is 0.396 e. The van der Waals surface area contributed by atoms with Crippen molar-refractivity contribution < 1.29 is 9.90 Å². The van der Waals surface area contributed by atoms with Crippen molar-refractivity contribution >= 4 is 22.9 Å². The molecule has 1 heterocycles. The third-order valence-corrected chi connectivity index (χ3v) is 3.87. The molecule has 0 saturated carbocycles. The zero-order valence-corrected chi connectivity index (χ0v) is 13.5. The first-order valence-corrected chi connectivity index (χ1v) is 7.54. The number of aliphatic hydroxyl groups is 1. The van der Waals surface area contributed by atoms with Crippen molar-refractivity contribution in [1.29, 1.82) is 0 Å². The van der Waals surface area contributed by atoms with Crippen LogP contribution in [0.25, 0.3) is 17.0 Å². The third-order valence-electron chi connectivity index (χ3n) is 3.87. The summed E-state index contributed by atoms with van der Waals surface area (Å²) in [5, 5.41) is 13.0. The first kappa shape index (κ1) is 16.3. The molecule has 0 unspecified atom stereocenters. The number of nitrogens with zero attached hydrogens (tertiary/aromatic N) is 1. The number of benzene rings is 1. The van der Waals surface area contributed by atoms with Crippen molar-refractivity contribution in [3.63, 3.8) is 0 Å². The van der Waals surface area contributed by atoms with E-state index < -0.39 is 0 Å². The van der Waals surface area contributed by atoms with Crippen molar-refractivity contribution in [2.24, 2.45) is 12.5 Å². The van der Waals surface area contributed by atoms with E-state index in [1.165, 1.54) is 0 Å². The van der Waals surface area contributed by atoms with Gasteiger partial charge in [0.15, 0.2) is 0 Å². The van der Waals surface area contributed by atoms with E-state index in [9.17, 15) is 4.79 Å². The zero-order valence-electron chi connectivity index (χ0n) is 13.5. The van der Waals surface area contributed by atoms with Crippen LogP contribution in [-0.4, -0.2) is 28.7 Å². The molecule has 2 rings (SSSR count). The number of aryl methyl sites for hydroxylation is 1. The summed E-state index contributed by atoms with van der Waals surface area (Å²) in [5.41, 5.74) is 2.08. The van der Waals surface area contributed by atoms with E-state index in [1.54, 1.807) is 6.08 Å². The number of rotatable bonds is 6. The van der Waals surface area contributed by atoms with Gasteiger partial charge in [0.1, 0.15) is 0 Å². The lowest BCUT2D eigenvalue weighted by atomic mass is 9.90. The molecule has 118 valence electrons. The van der Waals surface area contributed by atoms with Crippen LogP contribution in [0.2, 0.25) is 0 Å². The molecular weight excluding hydrogens is 276 g/mol. The maximum absolute atomic E-state index is 11.9. The van der Waals surface area contributed by atoms with Gasteiger partial charge in [-0.1, -0.05) is 32.0 Å². The molecule has 0 atom stereocenters. The molecule has 0 saturated heterocycles. The molecule has 0 spiro atoms. The fourth-order valence-electron chi connectivity index (χ4n) is 2.45. The minimum atomic E-state index is -0.112. The van der Waals surface area contributed by atoms with Gasteiger partial charge in [-0.25, -0.2) is 0 Å². The summed E-state index contributed by atoms with van der Waals surface area (Å²) < 4.78 is 2.05. The van der Waals surface area contributed by atoms with Gasteiger partial charge in [-0.05, 0) is 24.0 Å². The molecule has 22 heavy (non-hydrogen) atoms.